The Morgan fingerprint density at radius 1 is 1.14 bits per heavy atom. The zero-order valence-electron chi connectivity index (χ0n) is 20.5. The first kappa shape index (κ1) is 26.8. The van der Waals surface area contributed by atoms with Crippen LogP contribution in [0.4, 0.5) is 4.39 Å². The highest BCUT2D eigenvalue weighted by Crippen LogP contribution is 2.29. The molecular formula is C27H30FNO7S. The smallest absolute Gasteiger partial charge is 0.161 e. The minimum atomic E-state index is -3.15. The minimum absolute atomic E-state index is 0.00769. The van der Waals surface area contributed by atoms with Crippen molar-refractivity contribution in [3.05, 3.63) is 71.7 Å². The quantitative estimate of drug-likeness (QED) is 0.353. The Hall–Kier alpha value is -3.21. The number of hydrogen-bond donors (Lipinski definition) is 1. The molecule has 10 heteroatoms. The SMILES string of the molecule is CCOc1cc(C=O)ccc1OCC(O)CN(Cc1ccc(-c2ccc(F)cc2)o1)C1CCS(=O)(=O)C1. The predicted molar refractivity (Wildman–Crippen MR) is 136 cm³/mol. The molecule has 0 saturated carbocycles. The topological polar surface area (TPSA) is 106 Å². The van der Waals surface area contributed by atoms with Crippen LogP contribution in [0.25, 0.3) is 11.3 Å². The molecule has 3 aromatic rings. The van der Waals surface area contributed by atoms with Gasteiger partial charge in [-0.1, -0.05) is 0 Å². The normalized spacial score (nSPS) is 17.6. The third-order valence-corrected chi connectivity index (χ3v) is 7.90. The van der Waals surface area contributed by atoms with Crippen LogP contribution in [0.15, 0.2) is 59.0 Å². The summed E-state index contributed by atoms with van der Waals surface area (Å²) in [5, 5.41) is 10.8. The molecule has 2 unspecified atom stereocenters. The summed E-state index contributed by atoms with van der Waals surface area (Å²) in [7, 11) is -3.15. The molecular weight excluding hydrogens is 501 g/mol. The van der Waals surface area contributed by atoms with E-state index in [1.165, 1.54) is 12.1 Å². The summed E-state index contributed by atoms with van der Waals surface area (Å²) in [6, 6.07) is 14.0. The molecule has 37 heavy (non-hydrogen) atoms. The number of aliphatic hydroxyl groups is 1. The summed E-state index contributed by atoms with van der Waals surface area (Å²) in [5.41, 5.74) is 1.17. The first-order valence-corrected chi connectivity index (χ1v) is 13.9. The van der Waals surface area contributed by atoms with Gasteiger partial charge in [-0.2, -0.15) is 0 Å². The largest absolute Gasteiger partial charge is 0.490 e. The second kappa shape index (κ2) is 11.9. The van der Waals surface area contributed by atoms with Gasteiger partial charge in [0.15, 0.2) is 21.3 Å². The molecule has 4 rings (SSSR count). The van der Waals surface area contributed by atoms with Crippen LogP contribution in [0.2, 0.25) is 0 Å². The summed E-state index contributed by atoms with van der Waals surface area (Å²) in [5.74, 6) is 1.74. The van der Waals surface area contributed by atoms with Gasteiger partial charge in [-0.25, -0.2) is 12.8 Å². The highest BCUT2D eigenvalue weighted by atomic mass is 32.2. The number of ether oxygens (including phenoxy) is 2. The number of benzene rings is 2. The molecule has 0 aliphatic carbocycles. The molecule has 0 spiro atoms. The number of carbonyl (C=O) groups is 1. The van der Waals surface area contributed by atoms with Crippen LogP contribution in [-0.2, 0) is 16.4 Å². The van der Waals surface area contributed by atoms with Gasteiger partial charge < -0.3 is 19.0 Å². The zero-order chi connectivity index (χ0) is 26.4. The summed E-state index contributed by atoms with van der Waals surface area (Å²) < 4.78 is 54.9. The molecule has 0 bridgehead atoms. The van der Waals surface area contributed by atoms with Crippen LogP contribution in [0.1, 0.15) is 29.5 Å². The van der Waals surface area contributed by atoms with E-state index in [1.807, 2.05) is 11.8 Å². The lowest BCUT2D eigenvalue weighted by Crippen LogP contribution is -2.42. The molecule has 0 amide bonds. The van der Waals surface area contributed by atoms with Crippen molar-refractivity contribution in [1.29, 1.82) is 0 Å². The molecule has 2 atom stereocenters. The van der Waals surface area contributed by atoms with Gasteiger partial charge in [0.1, 0.15) is 36.3 Å². The van der Waals surface area contributed by atoms with Crippen molar-refractivity contribution in [2.24, 2.45) is 0 Å². The minimum Gasteiger partial charge on any atom is -0.490 e. The van der Waals surface area contributed by atoms with E-state index in [2.05, 4.69) is 0 Å². The monoisotopic (exact) mass is 531 g/mol. The van der Waals surface area contributed by atoms with Gasteiger partial charge in [0, 0.05) is 23.7 Å². The van der Waals surface area contributed by atoms with E-state index in [0.717, 1.165) is 5.56 Å². The highest BCUT2D eigenvalue weighted by molar-refractivity contribution is 7.91. The second-order valence-corrected chi connectivity index (χ2v) is 11.2. The molecule has 2 aromatic carbocycles. The summed E-state index contributed by atoms with van der Waals surface area (Å²) in [6.45, 7) is 2.58. The summed E-state index contributed by atoms with van der Waals surface area (Å²) >= 11 is 0. The molecule has 0 radical (unpaired) electrons. The van der Waals surface area contributed by atoms with Crippen molar-refractivity contribution in [3.63, 3.8) is 0 Å². The van der Waals surface area contributed by atoms with Gasteiger partial charge in [-0.3, -0.25) is 9.69 Å². The number of carbonyl (C=O) groups excluding carboxylic acids is 1. The standard InChI is InChI=1S/C27H30FNO7S/c1-2-34-27-13-19(16-30)3-9-26(27)35-17-23(31)14-29(22-11-12-37(32,33)18-22)15-24-8-10-25(36-24)20-4-6-21(28)7-5-20/h3-10,13,16,22-23,31H,2,11-12,14-15,17-18H2,1H3. The van der Waals surface area contributed by atoms with E-state index in [4.69, 9.17) is 13.9 Å². The van der Waals surface area contributed by atoms with Crippen LogP contribution in [-0.4, -0.2) is 68.1 Å². The van der Waals surface area contributed by atoms with Gasteiger partial charge in [0.05, 0.1) is 24.7 Å². The van der Waals surface area contributed by atoms with Gasteiger partial charge in [-0.05, 0) is 67.9 Å². The van der Waals surface area contributed by atoms with Crippen molar-refractivity contribution in [2.45, 2.75) is 32.0 Å². The fraction of sp³-hybridized carbons (Fsp3) is 0.370. The Morgan fingerprint density at radius 3 is 2.59 bits per heavy atom. The fourth-order valence-electron chi connectivity index (χ4n) is 4.33. The average Bonchev–Trinajstić information content (AvgIpc) is 3.49. The van der Waals surface area contributed by atoms with Gasteiger partial charge in [-0.15, -0.1) is 0 Å². The molecule has 8 nitrogen and oxygen atoms in total. The lowest BCUT2D eigenvalue weighted by Gasteiger charge is -2.29. The van der Waals surface area contributed by atoms with Crippen molar-refractivity contribution in [2.75, 3.05) is 31.3 Å². The van der Waals surface area contributed by atoms with Crippen molar-refractivity contribution in [1.82, 2.24) is 4.90 Å². The highest BCUT2D eigenvalue weighted by Gasteiger charge is 2.33. The second-order valence-electron chi connectivity index (χ2n) is 8.98. The number of sulfone groups is 1. The fourth-order valence-corrected chi connectivity index (χ4v) is 6.09. The van der Waals surface area contributed by atoms with E-state index in [-0.39, 0.29) is 43.1 Å². The van der Waals surface area contributed by atoms with Gasteiger partial charge in [0.2, 0.25) is 0 Å². The third kappa shape index (κ3) is 7.18. The molecule has 1 aliphatic rings. The Labute approximate surface area is 215 Å². The van der Waals surface area contributed by atoms with Crippen LogP contribution in [0, 0.1) is 5.82 Å². The van der Waals surface area contributed by atoms with E-state index < -0.39 is 15.9 Å². The molecule has 1 aliphatic heterocycles. The van der Waals surface area contributed by atoms with E-state index in [9.17, 15) is 22.7 Å². The maximum Gasteiger partial charge on any atom is 0.161 e. The van der Waals surface area contributed by atoms with Crippen LogP contribution in [0.3, 0.4) is 0 Å². The third-order valence-electron chi connectivity index (χ3n) is 6.15. The number of nitrogens with zero attached hydrogens (tertiary/aromatic N) is 1. The van der Waals surface area contributed by atoms with E-state index >= 15 is 0 Å². The molecule has 1 saturated heterocycles. The van der Waals surface area contributed by atoms with Crippen molar-refractivity contribution in [3.8, 4) is 22.8 Å². The van der Waals surface area contributed by atoms with E-state index in [1.54, 1.807) is 42.5 Å². The lowest BCUT2D eigenvalue weighted by atomic mass is 10.2. The van der Waals surface area contributed by atoms with Crippen LogP contribution in [0.5, 0.6) is 11.5 Å². The zero-order valence-corrected chi connectivity index (χ0v) is 21.3. The Kier molecular flexibility index (Phi) is 8.63. The van der Waals surface area contributed by atoms with Crippen molar-refractivity contribution < 1.29 is 36.6 Å². The van der Waals surface area contributed by atoms with Gasteiger partial charge >= 0.3 is 0 Å². The summed E-state index contributed by atoms with van der Waals surface area (Å²) in [4.78, 5) is 13.0. The maximum absolute atomic E-state index is 13.3. The molecule has 2 heterocycles. The lowest BCUT2D eigenvalue weighted by molar-refractivity contribution is 0.0489. The Bertz CT molecular complexity index is 1310. The number of aldehydes is 1. The average molecular weight is 532 g/mol. The maximum atomic E-state index is 13.3. The molecule has 1 N–H and O–H groups in total. The number of rotatable bonds is 12. The molecule has 1 aromatic heterocycles. The summed E-state index contributed by atoms with van der Waals surface area (Å²) in [6.07, 6.45) is 0.239. The Morgan fingerprint density at radius 2 is 1.92 bits per heavy atom. The first-order chi connectivity index (χ1) is 17.8. The van der Waals surface area contributed by atoms with Crippen molar-refractivity contribution >= 4 is 16.1 Å². The van der Waals surface area contributed by atoms with Crippen LogP contribution >= 0.6 is 0 Å². The Balaban J connectivity index is 1.45. The molecule has 198 valence electrons. The van der Waals surface area contributed by atoms with Crippen LogP contribution < -0.4 is 9.47 Å². The predicted octanol–water partition coefficient (Wildman–Crippen LogP) is 3.73. The van der Waals surface area contributed by atoms with E-state index in [0.29, 0.717) is 47.9 Å². The van der Waals surface area contributed by atoms with Gasteiger partial charge in [0.25, 0.3) is 0 Å². The first-order valence-electron chi connectivity index (χ1n) is 12.1. The number of hydrogen-bond acceptors (Lipinski definition) is 8. The number of furan rings is 1. The molecule has 1 fully saturated rings. The number of aliphatic hydroxyl groups excluding tert-OH is 1. The number of halogens is 1.